The van der Waals surface area contributed by atoms with Crippen LogP contribution in [0.2, 0.25) is 0 Å². The maximum absolute atomic E-state index is 11.7. The zero-order chi connectivity index (χ0) is 10.8. The van der Waals surface area contributed by atoms with E-state index in [2.05, 4.69) is 11.4 Å². The third-order valence-electron chi connectivity index (χ3n) is 2.96. The Hall–Kier alpha value is -1.35. The Labute approximate surface area is 89.7 Å². The van der Waals surface area contributed by atoms with Gasteiger partial charge in [-0.3, -0.25) is 4.79 Å². The number of nitrogens with two attached hydrogens (primary N) is 1. The van der Waals surface area contributed by atoms with Crippen LogP contribution in [0.1, 0.15) is 17.5 Å². The van der Waals surface area contributed by atoms with Crippen molar-refractivity contribution in [2.45, 2.75) is 19.8 Å². The predicted molar refractivity (Wildman–Crippen MR) is 60.7 cm³/mol. The number of anilines is 1. The molecule has 2 rings (SSSR count). The fourth-order valence-electron chi connectivity index (χ4n) is 2.10. The van der Waals surface area contributed by atoms with E-state index in [1.54, 1.807) is 0 Å². The topological polar surface area (TPSA) is 55.1 Å². The molecule has 3 heteroatoms. The largest absolute Gasteiger partial charge is 0.330 e. The molecule has 1 unspecified atom stereocenters. The molecule has 1 aromatic rings. The summed E-state index contributed by atoms with van der Waals surface area (Å²) in [5.41, 5.74) is 8.85. The van der Waals surface area contributed by atoms with E-state index in [-0.39, 0.29) is 11.8 Å². The van der Waals surface area contributed by atoms with Gasteiger partial charge in [-0.15, -0.1) is 0 Å². The average Bonchev–Trinajstić information content (AvgIpc) is 2.21. The van der Waals surface area contributed by atoms with Gasteiger partial charge in [-0.2, -0.15) is 0 Å². The van der Waals surface area contributed by atoms with Gasteiger partial charge in [0, 0.05) is 11.6 Å². The number of carbonyl (C=O) groups is 1. The Kier molecular flexibility index (Phi) is 2.73. The molecule has 1 aliphatic rings. The van der Waals surface area contributed by atoms with Crippen molar-refractivity contribution in [1.29, 1.82) is 0 Å². The van der Waals surface area contributed by atoms with E-state index in [9.17, 15) is 4.79 Å². The van der Waals surface area contributed by atoms with Gasteiger partial charge in [0.05, 0.1) is 0 Å². The van der Waals surface area contributed by atoms with Crippen LogP contribution in [-0.4, -0.2) is 12.5 Å². The minimum absolute atomic E-state index is 0.0456. The van der Waals surface area contributed by atoms with E-state index in [4.69, 9.17) is 5.73 Å². The summed E-state index contributed by atoms with van der Waals surface area (Å²) in [7, 11) is 0. The highest BCUT2D eigenvalue weighted by Gasteiger charge is 2.25. The molecule has 0 radical (unpaired) electrons. The summed E-state index contributed by atoms with van der Waals surface area (Å²) in [5.74, 6) is 0.159. The van der Waals surface area contributed by atoms with E-state index in [1.165, 1.54) is 5.56 Å². The Morgan fingerprint density at radius 2 is 2.33 bits per heavy atom. The maximum atomic E-state index is 11.7. The second kappa shape index (κ2) is 4.03. The van der Waals surface area contributed by atoms with Crippen LogP contribution in [0.25, 0.3) is 0 Å². The second-order valence-corrected chi connectivity index (χ2v) is 4.08. The van der Waals surface area contributed by atoms with Crippen molar-refractivity contribution in [3.8, 4) is 0 Å². The lowest BCUT2D eigenvalue weighted by atomic mass is 9.89. The molecule has 0 spiro atoms. The van der Waals surface area contributed by atoms with Crippen LogP contribution in [0.3, 0.4) is 0 Å². The quantitative estimate of drug-likeness (QED) is 0.766. The Morgan fingerprint density at radius 1 is 1.53 bits per heavy atom. The minimum atomic E-state index is 0.0456. The van der Waals surface area contributed by atoms with Gasteiger partial charge in [0.15, 0.2) is 0 Å². The standard InChI is InChI=1S/C12H16N2O/c1-8-3-2-4-9-7-10(5-6-13)12(15)14-11(8)9/h2-4,10H,5-7,13H2,1H3,(H,14,15). The molecule has 3 nitrogen and oxygen atoms in total. The number of benzene rings is 1. The molecule has 80 valence electrons. The van der Waals surface area contributed by atoms with Gasteiger partial charge in [0.2, 0.25) is 5.91 Å². The molecule has 0 saturated carbocycles. The fourth-order valence-corrected chi connectivity index (χ4v) is 2.10. The first-order valence-electron chi connectivity index (χ1n) is 5.32. The first-order chi connectivity index (χ1) is 7.22. The van der Waals surface area contributed by atoms with E-state index >= 15 is 0 Å². The van der Waals surface area contributed by atoms with E-state index in [0.717, 1.165) is 24.1 Å². The second-order valence-electron chi connectivity index (χ2n) is 4.08. The van der Waals surface area contributed by atoms with Crippen molar-refractivity contribution in [1.82, 2.24) is 0 Å². The summed E-state index contributed by atoms with van der Waals surface area (Å²) in [6.07, 6.45) is 1.58. The number of carbonyl (C=O) groups excluding carboxylic acids is 1. The van der Waals surface area contributed by atoms with Crippen LogP contribution in [0.5, 0.6) is 0 Å². The fraction of sp³-hybridized carbons (Fsp3) is 0.417. The van der Waals surface area contributed by atoms with Crippen molar-refractivity contribution in [2.75, 3.05) is 11.9 Å². The number of amides is 1. The van der Waals surface area contributed by atoms with Crippen LogP contribution < -0.4 is 11.1 Å². The van der Waals surface area contributed by atoms with E-state index in [1.807, 2.05) is 19.1 Å². The summed E-state index contributed by atoms with van der Waals surface area (Å²) in [6, 6.07) is 6.12. The molecule has 0 aliphatic carbocycles. The minimum Gasteiger partial charge on any atom is -0.330 e. The van der Waals surface area contributed by atoms with Crippen LogP contribution in [0.15, 0.2) is 18.2 Å². The Balaban J connectivity index is 2.30. The molecular weight excluding hydrogens is 188 g/mol. The highest BCUT2D eigenvalue weighted by molar-refractivity contribution is 5.96. The predicted octanol–water partition coefficient (Wildman–Crippen LogP) is 1.45. The highest BCUT2D eigenvalue weighted by Crippen LogP contribution is 2.29. The van der Waals surface area contributed by atoms with Gasteiger partial charge in [-0.1, -0.05) is 18.2 Å². The smallest absolute Gasteiger partial charge is 0.227 e. The maximum Gasteiger partial charge on any atom is 0.227 e. The highest BCUT2D eigenvalue weighted by atomic mass is 16.1. The molecule has 3 N–H and O–H groups in total. The molecule has 1 atom stereocenters. The molecular formula is C12H16N2O. The van der Waals surface area contributed by atoms with Gasteiger partial charge in [0.1, 0.15) is 0 Å². The van der Waals surface area contributed by atoms with Gasteiger partial charge in [-0.05, 0) is 37.4 Å². The number of aryl methyl sites for hydroxylation is 1. The van der Waals surface area contributed by atoms with Crippen LogP contribution in [-0.2, 0) is 11.2 Å². The van der Waals surface area contributed by atoms with E-state index < -0.39 is 0 Å². The Morgan fingerprint density at radius 3 is 3.07 bits per heavy atom. The molecule has 0 bridgehead atoms. The normalized spacial score (nSPS) is 19.6. The van der Waals surface area contributed by atoms with Crippen molar-refractivity contribution < 1.29 is 4.79 Å². The van der Waals surface area contributed by atoms with Crippen molar-refractivity contribution >= 4 is 11.6 Å². The summed E-state index contributed by atoms with van der Waals surface area (Å²) in [6.45, 7) is 2.58. The van der Waals surface area contributed by atoms with E-state index in [0.29, 0.717) is 6.54 Å². The molecule has 1 aromatic carbocycles. The molecule has 15 heavy (non-hydrogen) atoms. The number of nitrogens with one attached hydrogen (secondary N) is 1. The lowest BCUT2D eigenvalue weighted by Gasteiger charge is -2.25. The lowest BCUT2D eigenvalue weighted by Crippen LogP contribution is -2.31. The number of rotatable bonds is 2. The molecule has 1 heterocycles. The number of hydrogen-bond acceptors (Lipinski definition) is 2. The first-order valence-corrected chi connectivity index (χ1v) is 5.32. The third kappa shape index (κ3) is 1.88. The molecule has 1 aliphatic heterocycles. The zero-order valence-corrected chi connectivity index (χ0v) is 8.92. The summed E-state index contributed by atoms with van der Waals surface area (Å²) >= 11 is 0. The molecule has 0 aromatic heterocycles. The summed E-state index contributed by atoms with van der Waals surface area (Å²) in [5, 5.41) is 2.97. The molecule has 0 saturated heterocycles. The molecule has 0 fully saturated rings. The van der Waals surface area contributed by atoms with Crippen molar-refractivity contribution in [3.63, 3.8) is 0 Å². The number of fused-ring (bicyclic) bond motifs is 1. The van der Waals surface area contributed by atoms with Gasteiger partial charge in [0.25, 0.3) is 0 Å². The summed E-state index contributed by atoms with van der Waals surface area (Å²) < 4.78 is 0. The van der Waals surface area contributed by atoms with Crippen LogP contribution in [0, 0.1) is 12.8 Å². The van der Waals surface area contributed by atoms with Gasteiger partial charge >= 0.3 is 0 Å². The van der Waals surface area contributed by atoms with Crippen molar-refractivity contribution in [3.05, 3.63) is 29.3 Å². The monoisotopic (exact) mass is 204 g/mol. The first kappa shape index (κ1) is 10.2. The zero-order valence-electron chi connectivity index (χ0n) is 8.92. The SMILES string of the molecule is Cc1cccc2c1NC(=O)C(CCN)C2. The lowest BCUT2D eigenvalue weighted by molar-refractivity contribution is -0.120. The average molecular weight is 204 g/mol. The number of para-hydroxylation sites is 1. The van der Waals surface area contributed by atoms with Gasteiger partial charge in [-0.25, -0.2) is 0 Å². The third-order valence-corrected chi connectivity index (χ3v) is 2.96. The van der Waals surface area contributed by atoms with Gasteiger partial charge < -0.3 is 11.1 Å². The van der Waals surface area contributed by atoms with Crippen molar-refractivity contribution in [2.24, 2.45) is 11.7 Å². The number of hydrogen-bond donors (Lipinski definition) is 2. The molecule has 1 amide bonds. The summed E-state index contributed by atoms with van der Waals surface area (Å²) in [4.78, 5) is 11.7. The van der Waals surface area contributed by atoms with Crippen LogP contribution in [0.4, 0.5) is 5.69 Å². The van der Waals surface area contributed by atoms with Crippen LogP contribution >= 0.6 is 0 Å². The Bertz CT molecular complexity index is 387.